The van der Waals surface area contributed by atoms with Crippen LogP contribution in [0.25, 0.3) is 0 Å². The maximum absolute atomic E-state index is 12.9. The maximum atomic E-state index is 12.9. The molecular weight excluding hydrogens is 336 g/mol. The third-order valence-corrected chi connectivity index (χ3v) is 5.87. The number of hydrogen-bond acceptors (Lipinski definition) is 3. The van der Waals surface area contributed by atoms with Crippen LogP contribution in [0.2, 0.25) is 0 Å². The van der Waals surface area contributed by atoms with E-state index < -0.39 is 0 Å². The van der Waals surface area contributed by atoms with Gasteiger partial charge in [-0.25, -0.2) is 4.90 Å². The molecule has 4 rings (SSSR count). The van der Waals surface area contributed by atoms with Crippen molar-refractivity contribution in [2.45, 2.75) is 38.6 Å². The second-order valence-corrected chi connectivity index (χ2v) is 7.79. The van der Waals surface area contributed by atoms with Gasteiger partial charge in [0.1, 0.15) is 0 Å². The van der Waals surface area contributed by atoms with E-state index in [9.17, 15) is 9.59 Å². The summed E-state index contributed by atoms with van der Waals surface area (Å²) in [6.45, 7) is 3.78. The van der Waals surface area contributed by atoms with Gasteiger partial charge in [0.2, 0.25) is 5.91 Å². The number of benzene rings is 2. The Morgan fingerprint density at radius 2 is 1.59 bits per heavy atom. The fourth-order valence-electron chi connectivity index (χ4n) is 4.28. The molecule has 4 heteroatoms. The van der Waals surface area contributed by atoms with Gasteiger partial charge in [-0.3, -0.25) is 14.5 Å². The minimum Gasteiger partial charge on any atom is -0.292 e. The molecule has 2 aliphatic rings. The number of carbonyl (C=O) groups is 2. The van der Waals surface area contributed by atoms with Gasteiger partial charge < -0.3 is 0 Å². The SMILES string of the molecule is Cc1ccc(N2C(=O)CC(N3CCC(Cc4ccccc4)CC3)C2=O)cc1. The predicted octanol–water partition coefficient (Wildman–Crippen LogP) is 3.58. The largest absolute Gasteiger partial charge is 0.292 e. The lowest BCUT2D eigenvalue weighted by Crippen LogP contribution is -2.46. The number of carbonyl (C=O) groups excluding carboxylic acids is 2. The summed E-state index contributed by atoms with van der Waals surface area (Å²) >= 11 is 0. The van der Waals surface area contributed by atoms with Crippen molar-refractivity contribution < 1.29 is 9.59 Å². The van der Waals surface area contributed by atoms with Crippen molar-refractivity contribution in [2.75, 3.05) is 18.0 Å². The van der Waals surface area contributed by atoms with Crippen LogP contribution in [0.3, 0.4) is 0 Å². The van der Waals surface area contributed by atoms with Gasteiger partial charge in [-0.05, 0) is 62.9 Å². The highest BCUT2D eigenvalue weighted by molar-refractivity contribution is 6.22. The second kappa shape index (κ2) is 7.65. The number of piperidine rings is 1. The normalized spacial score (nSPS) is 21.8. The van der Waals surface area contributed by atoms with Crippen molar-refractivity contribution in [3.05, 3.63) is 65.7 Å². The summed E-state index contributed by atoms with van der Waals surface area (Å²) in [4.78, 5) is 29.0. The molecule has 2 heterocycles. The average molecular weight is 362 g/mol. The van der Waals surface area contributed by atoms with E-state index in [1.54, 1.807) is 0 Å². The fourth-order valence-corrected chi connectivity index (χ4v) is 4.28. The highest BCUT2D eigenvalue weighted by Gasteiger charge is 2.43. The van der Waals surface area contributed by atoms with Crippen molar-refractivity contribution >= 4 is 17.5 Å². The van der Waals surface area contributed by atoms with Crippen LogP contribution >= 0.6 is 0 Å². The van der Waals surface area contributed by atoms with Gasteiger partial charge in [0.25, 0.3) is 5.91 Å². The number of amides is 2. The Morgan fingerprint density at radius 3 is 2.26 bits per heavy atom. The smallest absolute Gasteiger partial charge is 0.251 e. The molecule has 0 bridgehead atoms. The number of rotatable bonds is 4. The highest BCUT2D eigenvalue weighted by Crippen LogP contribution is 2.29. The van der Waals surface area contributed by atoms with E-state index in [4.69, 9.17) is 0 Å². The van der Waals surface area contributed by atoms with E-state index in [0.717, 1.165) is 37.9 Å². The number of hydrogen-bond donors (Lipinski definition) is 0. The molecule has 0 aliphatic carbocycles. The predicted molar refractivity (Wildman–Crippen MR) is 107 cm³/mol. The summed E-state index contributed by atoms with van der Waals surface area (Å²) in [5, 5.41) is 0. The van der Waals surface area contributed by atoms with E-state index in [-0.39, 0.29) is 17.9 Å². The van der Waals surface area contributed by atoms with Gasteiger partial charge in [0.05, 0.1) is 18.2 Å². The van der Waals surface area contributed by atoms with Crippen molar-refractivity contribution in [3.63, 3.8) is 0 Å². The minimum absolute atomic E-state index is 0.0645. The summed E-state index contributed by atoms with van der Waals surface area (Å²) < 4.78 is 0. The number of aryl methyl sites for hydroxylation is 1. The van der Waals surface area contributed by atoms with Crippen LogP contribution in [0, 0.1) is 12.8 Å². The first-order valence-corrected chi connectivity index (χ1v) is 9.83. The van der Waals surface area contributed by atoms with Gasteiger partial charge in [-0.2, -0.15) is 0 Å². The van der Waals surface area contributed by atoms with Crippen molar-refractivity contribution in [1.82, 2.24) is 4.90 Å². The molecule has 4 nitrogen and oxygen atoms in total. The topological polar surface area (TPSA) is 40.6 Å². The molecule has 1 unspecified atom stereocenters. The van der Waals surface area contributed by atoms with Crippen LogP contribution in [0.15, 0.2) is 54.6 Å². The second-order valence-electron chi connectivity index (χ2n) is 7.79. The molecule has 0 N–H and O–H groups in total. The summed E-state index contributed by atoms with van der Waals surface area (Å²) in [5.74, 6) is 0.509. The van der Waals surface area contributed by atoms with Gasteiger partial charge in [-0.15, -0.1) is 0 Å². The van der Waals surface area contributed by atoms with Crippen molar-refractivity contribution in [1.29, 1.82) is 0 Å². The number of nitrogens with zero attached hydrogens (tertiary/aromatic N) is 2. The van der Waals surface area contributed by atoms with Crippen molar-refractivity contribution in [3.8, 4) is 0 Å². The van der Waals surface area contributed by atoms with E-state index >= 15 is 0 Å². The molecule has 2 fully saturated rings. The molecule has 2 aromatic rings. The van der Waals surface area contributed by atoms with E-state index in [1.807, 2.05) is 31.2 Å². The Bertz CT molecular complexity index is 808. The quantitative estimate of drug-likeness (QED) is 0.781. The lowest BCUT2D eigenvalue weighted by molar-refractivity contribution is -0.123. The summed E-state index contributed by atoms with van der Waals surface area (Å²) in [7, 11) is 0. The number of anilines is 1. The molecule has 27 heavy (non-hydrogen) atoms. The van der Waals surface area contributed by atoms with Gasteiger partial charge in [0, 0.05) is 0 Å². The lowest BCUT2D eigenvalue weighted by Gasteiger charge is -2.34. The average Bonchev–Trinajstić information content (AvgIpc) is 2.98. The highest BCUT2D eigenvalue weighted by atomic mass is 16.2. The molecule has 2 aliphatic heterocycles. The van der Waals surface area contributed by atoms with Gasteiger partial charge in [-0.1, -0.05) is 48.0 Å². The molecule has 2 saturated heterocycles. The third-order valence-electron chi connectivity index (χ3n) is 5.87. The van der Waals surface area contributed by atoms with E-state index in [0.29, 0.717) is 18.0 Å². The molecular formula is C23H26N2O2. The summed E-state index contributed by atoms with van der Waals surface area (Å²) in [6, 6.07) is 17.9. The molecule has 0 spiro atoms. The Balaban J connectivity index is 1.38. The van der Waals surface area contributed by atoms with E-state index in [1.165, 1.54) is 10.5 Å². The van der Waals surface area contributed by atoms with Crippen LogP contribution in [-0.4, -0.2) is 35.8 Å². The fraction of sp³-hybridized carbons (Fsp3) is 0.391. The Labute approximate surface area is 160 Å². The zero-order chi connectivity index (χ0) is 18.8. The minimum atomic E-state index is -0.295. The van der Waals surface area contributed by atoms with Gasteiger partial charge >= 0.3 is 0 Å². The molecule has 1 atom stereocenters. The molecule has 2 aromatic carbocycles. The first-order valence-electron chi connectivity index (χ1n) is 9.83. The first kappa shape index (κ1) is 17.9. The molecule has 2 amide bonds. The van der Waals surface area contributed by atoms with Crippen LogP contribution < -0.4 is 4.90 Å². The number of imide groups is 1. The van der Waals surface area contributed by atoms with E-state index in [2.05, 4.69) is 35.2 Å². The zero-order valence-electron chi connectivity index (χ0n) is 15.8. The van der Waals surface area contributed by atoms with Crippen LogP contribution in [0.4, 0.5) is 5.69 Å². The molecule has 0 aromatic heterocycles. The molecule has 140 valence electrons. The standard InChI is InChI=1S/C23H26N2O2/c1-17-7-9-20(10-8-17)25-22(26)16-21(23(25)27)24-13-11-19(12-14-24)15-18-5-3-2-4-6-18/h2-10,19,21H,11-16H2,1H3. The Morgan fingerprint density at radius 1 is 0.926 bits per heavy atom. The summed E-state index contributed by atoms with van der Waals surface area (Å²) in [6.07, 6.45) is 3.56. The third kappa shape index (κ3) is 3.81. The van der Waals surface area contributed by atoms with Crippen LogP contribution in [-0.2, 0) is 16.0 Å². The molecule has 0 saturated carbocycles. The van der Waals surface area contributed by atoms with Crippen LogP contribution in [0.5, 0.6) is 0 Å². The first-order chi connectivity index (χ1) is 13.1. The van der Waals surface area contributed by atoms with Crippen LogP contribution in [0.1, 0.15) is 30.4 Å². The lowest BCUT2D eigenvalue weighted by atomic mass is 9.89. The summed E-state index contributed by atoms with van der Waals surface area (Å²) in [5.41, 5.74) is 3.19. The Kier molecular flexibility index (Phi) is 5.08. The molecule has 0 radical (unpaired) electrons. The van der Waals surface area contributed by atoms with Gasteiger partial charge in [0.15, 0.2) is 0 Å². The maximum Gasteiger partial charge on any atom is 0.251 e. The number of likely N-dealkylation sites (tertiary alicyclic amines) is 1. The van der Waals surface area contributed by atoms with Crippen molar-refractivity contribution in [2.24, 2.45) is 5.92 Å². The monoisotopic (exact) mass is 362 g/mol. The zero-order valence-corrected chi connectivity index (χ0v) is 15.8. The Hall–Kier alpha value is -2.46.